The summed E-state index contributed by atoms with van der Waals surface area (Å²) in [5, 5.41) is 21.6. The molecule has 0 radical (unpaired) electrons. The van der Waals surface area contributed by atoms with Gasteiger partial charge < -0.3 is 0 Å². The second-order valence-corrected chi connectivity index (χ2v) is 2.02. The fraction of sp³-hybridized carbons (Fsp3) is 0. The molecule has 0 fully saturated rings. The lowest BCUT2D eigenvalue weighted by molar-refractivity contribution is 1.44. The van der Waals surface area contributed by atoms with E-state index in [0.29, 0.717) is 11.4 Å². The van der Waals surface area contributed by atoms with E-state index in [4.69, 9.17) is 10.5 Å². The van der Waals surface area contributed by atoms with Crippen LogP contribution in [0.3, 0.4) is 0 Å². The van der Waals surface area contributed by atoms with Gasteiger partial charge in [0.2, 0.25) is 0 Å². The van der Waals surface area contributed by atoms with E-state index in [2.05, 4.69) is 10.6 Å². The highest BCUT2D eigenvalue weighted by Gasteiger charge is 1.97. The van der Waals surface area contributed by atoms with Crippen LogP contribution in [0.4, 0.5) is 11.4 Å². The molecule has 0 heterocycles. The minimum atomic E-state index is 0.599. The Bertz CT molecular complexity index is 310. The number of nitriles is 2. The molecule has 0 aliphatic carbocycles. The van der Waals surface area contributed by atoms with Crippen molar-refractivity contribution in [2.45, 2.75) is 0 Å². The van der Waals surface area contributed by atoms with Crippen molar-refractivity contribution in [3.05, 3.63) is 24.3 Å². The van der Waals surface area contributed by atoms with Gasteiger partial charge in [-0.05, 0) is 12.1 Å². The van der Waals surface area contributed by atoms with Crippen LogP contribution in [0, 0.1) is 22.9 Å². The van der Waals surface area contributed by atoms with Crippen LogP contribution in [0.5, 0.6) is 0 Å². The summed E-state index contributed by atoms with van der Waals surface area (Å²) in [7, 11) is 0. The summed E-state index contributed by atoms with van der Waals surface area (Å²) >= 11 is 0. The summed E-state index contributed by atoms with van der Waals surface area (Å²) in [5.74, 6) is 0. The molecule has 1 rings (SSSR count). The van der Waals surface area contributed by atoms with Gasteiger partial charge in [0.15, 0.2) is 12.4 Å². The lowest BCUT2D eigenvalue weighted by Crippen LogP contribution is -1.94. The second-order valence-electron chi connectivity index (χ2n) is 2.02. The molecule has 0 aliphatic heterocycles. The van der Waals surface area contributed by atoms with Crippen molar-refractivity contribution >= 4 is 11.4 Å². The van der Waals surface area contributed by atoms with Gasteiger partial charge in [-0.1, -0.05) is 12.1 Å². The van der Waals surface area contributed by atoms with Gasteiger partial charge in [0.25, 0.3) is 0 Å². The first-order valence-electron chi connectivity index (χ1n) is 3.27. The Morgan fingerprint density at radius 3 is 1.67 bits per heavy atom. The summed E-state index contributed by atoms with van der Waals surface area (Å²) in [6.45, 7) is 0. The first kappa shape index (κ1) is 7.90. The fourth-order valence-corrected chi connectivity index (χ4v) is 0.822. The standard InChI is InChI=1S/C8H6N4/c9-5-11-7-3-1-2-4-8(7)12-6-10/h1-4,11-12H. The van der Waals surface area contributed by atoms with Crippen LogP contribution in [0.1, 0.15) is 0 Å². The molecule has 4 nitrogen and oxygen atoms in total. The van der Waals surface area contributed by atoms with E-state index in [-0.39, 0.29) is 0 Å². The van der Waals surface area contributed by atoms with Gasteiger partial charge in [-0.3, -0.25) is 10.6 Å². The van der Waals surface area contributed by atoms with E-state index in [1.54, 1.807) is 36.7 Å². The topological polar surface area (TPSA) is 71.6 Å². The van der Waals surface area contributed by atoms with Gasteiger partial charge in [0, 0.05) is 0 Å². The maximum Gasteiger partial charge on any atom is 0.181 e. The number of benzene rings is 1. The monoisotopic (exact) mass is 158 g/mol. The molecule has 0 amide bonds. The van der Waals surface area contributed by atoms with E-state index in [1.165, 1.54) is 0 Å². The Morgan fingerprint density at radius 1 is 0.917 bits per heavy atom. The van der Waals surface area contributed by atoms with Crippen molar-refractivity contribution in [1.82, 2.24) is 0 Å². The summed E-state index contributed by atoms with van der Waals surface area (Å²) in [6, 6.07) is 6.98. The first-order valence-corrected chi connectivity index (χ1v) is 3.27. The highest BCUT2D eigenvalue weighted by atomic mass is 14.9. The zero-order chi connectivity index (χ0) is 8.81. The van der Waals surface area contributed by atoms with Crippen LogP contribution < -0.4 is 10.6 Å². The number of hydrogen-bond donors (Lipinski definition) is 2. The SMILES string of the molecule is N#CNc1ccccc1NC#N. The molecular weight excluding hydrogens is 152 g/mol. The second kappa shape index (κ2) is 3.85. The van der Waals surface area contributed by atoms with Crippen LogP contribution in [0.15, 0.2) is 24.3 Å². The fourth-order valence-electron chi connectivity index (χ4n) is 0.822. The summed E-state index contributed by atoms with van der Waals surface area (Å²) in [5.41, 5.74) is 1.20. The maximum absolute atomic E-state index is 8.34. The minimum absolute atomic E-state index is 0.599. The van der Waals surface area contributed by atoms with Crippen LogP contribution in [-0.2, 0) is 0 Å². The molecule has 0 spiro atoms. The molecule has 0 aromatic heterocycles. The number of nitrogens with one attached hydrogen (secondary N) is 2. The molecule has 4 heteroatoms. The number of nitrogens with zero attached hydrogens (tertiary/aromatic N) is 2. The minimum Gasteiger partial charge on any atom is -0.291 e. The van der Waals surface area contributed by atoms with E-state index < -0.39 is 0 Å². The first-order chi connectivity index (χ1) is 5.88. The van der Waals surface area contributed by atoms with Crippen molar-refractivity contribution in [3.63, 3.8) is 0 Å². The number of rotatable bonds is 2. The Morgan fingerprint density at radius 2 is 1.33 bits per heavy atom. The average Bonchev–Trinajstić information content (AvgIpc) is 2.09. The molecule has 2 N–H and O–H groups in total. The molecule has 58 valence electrons. The average molecular weight is 158 g/mol. The number of anilines is 2. The molecule has 0 aliphatic rings. The Balaban J connectivity index is 2.95. The van der Waals surface area contributed by atoms with Crippen molar-refractivity contribution in [2.24, 2.45) is 0 Å². The lowest BCUT2D eigenvalue weighted by atomic mass is 10.2. The molecule has 1 aromatic carbocycles. The molecule has 0 atom stereocenters. The Kier molecular flexibility index (Phi) is 2.53. The Labute approximate surface area is 70.0 Å². The van der Waals surface area contributed by atoms with Crippen LogP contribution in [-0.4, -0.2) is 0 Å². The van der Waals surface area contributed by atoms with Crippen LogP contribution in [0.2, 0.25) is 0 Å². The maximum atomic E-state index is 8.34. The van der Waals surface area contributed by atoms with E-state index in [0.717, 1.165) is 0 Å². The van der Waals surface area contributed by atoms with Gasteiger partial charge >= 0.3 is 0 Å². The number of para-hydroxylation sites is 2. The molecular formula is C8H6N4. The zero-order valence-corrected chi connectivity index (χ0v) is 6.20. The van der Waals surface area contributed by atoms with Gasteiger partial charge in [0.1, 0.15) is 0 Å². The van der Waals surface area contributed by atoms with Crippen LogP contribution >= 0.6 is 0 Å². The third kappa shape index (κ3) is 1.65. The predicted molar refractivity (Wildman–Crippen MR) is 44.9 cm³/mol. The van der Waals surface area contributed by atoms with Gasteiger partial charge in [-0.25, -0.2) is 0 Å². The smallest absolute Gasteiger partial charge is 0.181 e. The summed E-state index contributed by atoms with van der Waals surface area (Å²) < 4.78 is 0. The summed E-state index contributed by atoms with van der Waals surface area (Å²) in [6.07, 6.45) is 3.57. The predicted octanol–water partition coefficient (Wildman–Crippen LogP) is 1.47. The van der Waals surface area contributed by atoms with E-state index in [1.807, 2.05) is 0 Å². The third-order valence-corrected chi connectivity index (χ3v) is 1.31. The van der Waals surface area contributed by atoms with E-state index >= 15 is 0 Å². The van der Waals surface area contributed by atoms with E-state index in [9.17, 15) is 0 Å². The van der Waals surface area contributed by atoms with Gasteiger partial charge in [-0.2, -0.15) is 10.5 Å². The molecule has 1 aromatic rings. The van der Waals surface area contributed by atoms with Gasteiger partial charge in [-0.15, -0.1) is 0 Å². The zero-order valence-electron chi connectivity index (χ0n) is 6.20. The Hall–Kier alpha value is -2.20. The molecule has 0 bridgehead atoms. The van der Waals surface area contributed by atoms with Gasteiger partial charge in [0.05, 0.1) is 11.4 Å². The largest absolute Gasteiger partial charge is 0.291 e. The third-order valence-electron chi connectivity index (χ3n) is 1.31. The highest BCUT2D eigenvalue weighted by molar-refractivity contribution is 5.71. The summed E-state index contributed by atoms with van der Waals surface area (Å²) in [4.78, 5) is 0. The quantitative estimate of drug-likeness (QED) is 0.505. The molecule has 0 unspecified atom stereocenters. The van der Waals surface area contributed by atoms with Crippen molar-refractivity contribution in [1.29, 1.82) is 10.5 Å². The number of hydrogen-bond acceptors (Lipinski definition) is 4. The lowest BCUT2D eigenvalue weighted by Gasteiger charge is -2.02. The van der Waals surface area contributed by atoms with Crippen molar-refractivity contribution in [2.75, 3.05) is 10.6 Å². The molecule has 12 heavy (non-hydrogen) atoms. The molecule has 0 saturated heterocycles. The highest BCUT2D eigenvalue weighted by Crippen LogP contribution is 2.19. The van der Waals surface area contributed by atoms with Crippen molar-refractivity contribution < 1.29 is 0 Å². The van der Waals surface area contributed by atoms with Crippen LogP contribution in [0.25, 0.3) is 0 Å². The van der Waals surface area contributed by atoms with Crippen molar-refractivity contribution in [3.8, 4) is 12.4 Å². The normalized spacial score (nSPS) is 7.83. The molecule has 0 saturated carbocycles.